The number of rotatable bonds is 4. The number of carboxylic acids is 1. The van der Waals surface area contributed by atoms with Crippen LogP contribution >= 0.6 is 0 Å². The number of hydrogen-bond donors (Lipinski definition) is 2. The predicted molar refractivity (Wildman–Crippen MR) is 55.3 cm³/mol. The molecule has 14 heavy (non-hydrogen) atoms. The predicted octanol–water partition coefficient (Wildman–Crippen LogP) is 0.391. The maximum absolute atomic E-state index is 10.6. The maximum atomic E-state index is 10.6. The molecular formula is C10H20N2O2. The summed E-state index contributed by atoms with van der Waals surface area (Å²) in [6.07, 6.45) is 2.45. The van der Waals surface area contributed by atoms with E-state index in [1.165, 1.54) is 0 Å². The molecule has 1 heterocycles. The normalized spacial score (nSPS) is 22.1. The Bertz CT molecular complexity index is 189. The van der Waals surface area contributed by atoms with E-state index < -0.39 is 5.97 Å². The van der Waals surface area contributed by atoms with E-state index in [1.54, 1.807) is 0 Å². The molecule has 0 radical (unpaired) electrons. The van der Waals surface area contributed by atoms with Crippen LogP contribution < -0.4 is 5.32 Å². The van der Waals surface area contributed by atoms with Gasteiger partial charge in [0.05, 0.1) is 6.42 Å². The van der Waals surface area contributed by atoms with Gasteiger partial charge in [-0.15, -0.1) is 0 Å². The van der Waals surface area contributed by atoms with Crippen molar-refractivity contribution in [1.82, 2.24) is 10.2 Å². The summed E-state index contributed by atoms with van der Waals surface area (Å²) in [5, 5.41) is 11.9. The number of aliphatic carboxylic acids is 1. The van der Waals surface area contributed by atoms with Gasteiger partial charge in [-0.3, -0.25) is 4.79 Å². The van der Waals surface area contributed by atoms with Gasteiger partial charge in [-0.2, -0.15) is 0 Å². The first-order chi connectivity index (χ1) is 6.63. The van der Waals surface area contributed by atoms with Crippen molar-refractivity contribution in [2.24, 2.45) is 5.92 Å². The number of nitrogens with one attached hydrogen (secondary N) is 1. The lowest BCUT2D eigenvalue weighted by Gasteiger charge is -2.33. The maximum Gasteiger partial charge on any atom is 0.304 e. The number of nitrogens with zero attached hydrogens (tertiary/aromatic N) is 1. The topological polar surface area (TPSA) is 52.6 Å². The fraction of sp³-hybridized carbons (Fsp3) is 0.900. The molecular weight excluding hydrogens is 180 g/mol. The first kappa shape index (κ1) is 11.5. The molecule has 2 N–H and O–H groups in total. The van der Waals surface area contributed by atoms with Crippen LogP contribution in [0, 0.1) is 5.92 Å². The van der Waals surface area contributed by atoms with Crippen molar-refractivity contribution in [3.63, 3.8) is 0 Å². The van der Waals surface area contributed by atoms with Crippen LogP contribution in [-0.2, 0) is 4.79 Å². The van der Waals surface area contributed by atoms with Crippen LogP contribution in [0.2, 0.25) is 0 Å². The molecule has 1 atom stereocenters. The molecule has 1 rings (SSSR count). The summed E-state index contributed by atoms with van der Waals surface area (Å²) in [7, 11) is 3.97. The van der Waals surface area contributed by atoms with E-state index in [0.29, 0.717) is 5.92 Å². The first-order valence-corrected chi connectivity index (χ1v) is 5.21. The van der Waals surface area contributed by atoms with E-state index in [2.05, 4.69) is 17.3 Å². The summed E-state index contributed by atoms with van der Waals surface area (Å²) in [6.45, 7) is 2.17. The van der Waals surface area contributed by atoms with Gasteiger partial charge in [0, 0.05) is 6.04 Å². The van der Waals surface area contributed by atoms with Gasteiger partial charge < -0.3 is 15.3 Å². The second-order valence-corrected chi connectivity index (χ2v) is 4.13. The Morgan fingerprint density at radius 2 is 2.14 bits per heavy atom. The summed E-state index contributed by atoms with van der Waals surface area (Å²) >= 11 is 0. The van der Waals surface area contributed by atoms with Gasteiger partial charge in [0.15, 0.2) is 0 Å². The van der Waals surface area contributed by atoms with Gasteiger partial charge in [0.2, 0.25) is 0 Å². The Morgan fingerprint density at radius 3 is 2.57 bits per heavy atom. The lowest BCUT2D eigenvalue weighted by Crippen LogP contribution is -2.42. The number of piperidine rings is 1. The fourth-order valence-electron chi connectivity index (χ4n) is 2.12. The molecule has 4 nitrogen and oxygen atoms in total. The summed E-state index contributed by atoms with van der Waals surface area (Å²) in [5.41, 5.74) is 0. The van der Waals surface area contributed by atoms with Gasteiger partial charge in [-0.05, 0) is 45.9 Å². The largest absolute Gasteiger partial charge is 0.481 e. The van der Waals surface area contributed by atoms with Crippen molar-refractivity contribution in [3.8, 4) is 0 Å². The molecule has 82 valence electrons. The van der Waals surface area contributed by atoms with Crippen molar-refractivity contribution in [3.05, 3.63) is 0 Å². The van der Waals surface area contributed by atoms with E-state index >= 15 is 0 Å². The Balaban J connectivity index is 2.40. The summed E-state index contributed by atoms with van der Waals surface area (Å²) in [6, 6.07) is 0.140. The van der Waals surface area contributed by atoms with E-state index in [1.807, 2.05) is 7.05 Å². The molecule has 1 aliphatic heterocycles. The van der Waals surface area contributed by atoms with Crippen molar-refractivity contribution < 1.29 is 9.90 Å². The summed E-state index contributed by atoms with van der Waals surface area (Å²) in [5.74, 6) is -0.185. The van der Waals surface area contributed by atoms with Crippen LogP contribution in [0.25, 0.3) is 0 Å². The van der Waals surface area contributed by atoms with Crippen molar-refractivity contribution >= 4 is 5.97 Å². The number of likely N-dealkylation sites (tertiary alicyclic amines) is 1. The number of carbonyl (C=O) groups is 1. The Kier molecular flexibility index (Phi) is 4.35. The SMILES string of the molecule is CNC(CC(=O)O)C1CCN(C)CC1. The second-order valence-electron chi connectivity index (χ2n) is 4.13. The molecule has 0 bridgehead atoms. The summed E-state index contributed by atoms with van der Waals surface area (Å²) in [4.78, 5) is 12.9. The molecule has 0 aliphatic carbocycles. The van der Waals surface area contributed by atoms with Crippen LogP contribution in [0.1, 0.15) is 19.3 Å². The number of hydrogen-bond acceptors (Lipinski definition) is 3. The number of carboxylic acid groups (broad SMARTS) is 1. The molecule has 0 aromatic carbocycles. The minimum atomic E-state index is -0.705. The monoisotopic (exact) mass is 200 g/mol. The lowest BCUT2D eigenvalue weighted by molar-refractivity contribution is -0.138. The smallest absolute Gasteiger partial charge is 0.304 e. The highest BCUT2D eigenvalue weighted by Gasteiger charge is 2.25. The van der Waals surface area contributed by atoms with Crippen LogP contribution in [0.15, 0.2) is 0 Å². The fourth-order valence-corrected chi connectivity index (χ4v) is 2.12. The minimum Gasteiger partial charge on any atom is -0.481 e. The third-order valence-corrected chi connectivity index (χ3v) is 3.10. The van der Waals surface area contributed by atoms with Crippen LogP contribution in [0.3, 0.4) is 0 Å². The van der Waals surface area contributed by atoms with Gasteiger partial charge in [0.25, 0.3) is 0 Å². The second kappa shape index (κ2) is 5.32. The van der Waals surface area contributed by atoms with E-state index in [4.69, 9.17) is 5.11 Å². The minimum absolute atomic E-state index is 0.140. The average Bonchev–Trinajstić information content (AvgIpc) is 2.15. The Hall–Kier alpha value is -0.610. The highest BCUT2D eigenvalue weighted by atomic mass is 16.4. The van der Waals surface area contributed by atoms with Crippen LogP contribution in [0.5, 0.6) is 0 Å². The molecule has 0 spiro atoms. The van der Waals surface area contributed by atoms with E-state index in [9.17, 15) is 4.79 Å². The van der Waals surface area contributed by atoms with Gasteiger partial charge in [0.1, 0.15) is 0 Å². The van der Waals surface area contributed by atoms with Gasteiger partial charge in [-0.25, -0.2) is 0 Å². The third-order valence-electron chi connectivity index (χ3n) is 3.10. The molecule has 0 amide bonds. The van der Waals surface area contributed by atoms with Crippen LogP contribution in [0.4, 0.5) is 0 Å². The van der Waals surface area contributed by atoms with E-state index in [0.717, 1.165) is 25.9 Å². The standard InChI is InChI=1S/C10H20N2O2/c1-11-9(7-10(13)14)8-3-5-12(2)6-4-8/h8-9,11H,3-7H2,1-2H3,(H,13,14). The quantitative estimate of drug-likeness (QED) is 0.689. The van der Waals surface area contributed by atoms with Crippen molar-refractivity contribution in [2.75, 3.05) is 27.2 Å². The van der Waals surface area contributed by atoms with Crippen molar-refractivity contribution in [2.45, 2.75) is 25.3 Å². The Morgan fingerprint density at radius 1 is 1.57 bits per heavy atom. The third kappa shape index (κ3) is 3.27. The van der Waals surface area contributed by atoms with Gasteiger partial charge in [-0.1, -0.05) is 0 Å². The highest BCUT2D eigenvalue weighted by Crippen LogP contribution is 2.21. The molecule has 1 aliphatic rings. The molecule has 0 saturated carbocycles. The lowest BCUT2D eigenvalue weighted by atomic mass is 9.88. The first-order valence-electron chi connectivity index (χ1n) is 5.21. The average molecular weight is 200 g/mol. The zero-order valence-electron chi connectivity index (χ0n) is 8.99. The molecule has 0 aromatic rings. The zero-order valence-corrected chi connectivity index (χ0v) is 8.99. The van der Waals surface area contributed by atoms with Crippen molar-refractivity contribution in [1.29, 1.82) is 0 Å². The Labute approximate surface area is 85.3 Å². The van der Waals surface area contributed by atoms with Crippen LogP contribution in [-0.4, -0.2) is 49.2 Å². The van der Waals surface area contributed by atoms with E-state index in [-0.39, 0.29) is 12.5 Å². The molecule has 0 aromatic heterocycles. The summed E-state index contributed by atoms with van der Waals surface area (Å²) < 4.78 is 0. The highest BCUT2D eigenvalue weighted by molar-refractivity contribution is 5.67. The molecule has 4 heteroatoms. The molecule has 1 saturated heterocycles. The molecule has 1 fully saturated rings. The molecule has 1 unspecified atom stereocenters. The zero-order chi connectivity index (χ0) is 10.6. The van der Waals surface area contributed by atoms with Gasteiger partial charge >= 0.3 is 5.97 Å².